The first-order valence-electron chi connectivity index (χ1n) is 8.55. The van der Waals surface area contributed by atoms with Crippen molar-refractivity contribution in [2.24, 2.45) is 0 Å². The fourth-order valence-corrected chi connectivity index (χ4v) is 2.95. The second-order valence-corrected chi connectivity index (χ2v) is 6.99. The van der Waals surface area contributed by atoms with Gasteiger partial charge in [-0.15, -0.1) is 0 Å². The highest BCUT2D eigenvalue weighted by atomic mass is 35.5. The van der Waals surface area contributed by atoms with Crippen LogP contribution in [0.25, 0.3) is 11.3 Å². The number of benzene rings is 1. The van der Waals surface area contributed by atoms with Gasteiger partial charge in [0.05, 0.1) is 23.8 Å². The second kappa shape index (κ2) is 7.84. The number of pyridine rings is 1. The fraction of sp³-hybridized carbons (Fsp3) is 0.316. The number of hydrogen-bond acceptors (Lipinski definition) is 5. The van der Waals surface area contributed by atoms with Gasteiger partial charge in [0, 0.05) is 23.4 Å². The quantitative estimate of drug-likeness (QED) is 0.769. The molecule has 7 nitrogen and oxygen atoms in total. The standard InChI is InChI=1S/C19H20ClN3O4/c1-11(2)22-18(25)19(26)23-5-6-27-17-13(10-23)7-12(8-16(17)24)15-4-3-14(20)9-21-15/h3-4,7-9,11,24H,5-6,10H2,1-2H3,(H,22,25). The Morgan fingerprint density at radius 1 is 1.33 bits per heavy atom. The molecule has 142 valence electrons. The maximum absolute atomic E-state index is 12.4. The Hall–Kier alpha value is -2.80. The molecule has 0 unspecified atom stereocenters. The fourth-order valence-electron chi connectivity index (χ4n) is 2.83. The smallest absolute Gasteiger partial charge is 0.312 e. The average molecular weight is 390 g/mol. The normalized spacial score (nSPS) is 13.6. The molecule has 2 aromatic rings. The molecule has 0 saturated carbocycles. The zero-order chi connectivity index (χ0) is 19.6. The summed E-state index contributed by atoms with van der Waals surface area (Å²) in [6.07, 6.45) is 1.52. The molecule has 0 atom stereocenters. The van der Waals surface area contributed by atoms with Crippen LogP contribution in [0.2, 0.25) is 5.02 Å². The first kappa shape index (κ1) is 19.0. The molecule has 1 aliphatic heterocycles. The maximum atomic E-state index is 12.4. The van der Waals surface area contributed by atoms with Crippen LogP contribution in [0, 0.1) is 0 Å². The molecule has 8 heteroatoms. The summed E-state index contributed by atoms with van der Waals surface area (Å²) in [6, 6.07) is 6.65. The number of phenolic OH excluding ortho intramolecular Hbond substituents is 1. The number of nitrogens with zero attached hydrogens (tertiary/aromatic N) is 2. The molecule has 0 aliphatic carbocycles. The molecule has 2 amide bonds. The van der Waals surface area contributed by atoms with E-state index in [0.717, 1.165) is 0 Å². The van der Waals surface area contributed by atoms with Gasteiger partial charge in [-0.1, -0.05) is 11.6 Å². The van der Waals surface area contributed by atoms with Gasteiger partial charge in [-0.2, -0.15) is 0 Å². The van der Waals surface area contributed by atoms with Crippen LogP contribution in [0.4, 0.5) is 0 Å². The molecule has 3 rings (SSSR count). The van der Waals surface area contributed by atoms with E-state index in [9.17, 15) is 14.7 Å². The summed E-state index contributed by atoms with van der Waals surface area (Å²) in [4.78, 5) is 30.1. The minimum absolute atomic E-state index is 0.0415. The molecule has 0 radical (unpaired) electrons. The Bertz CT molecular complexity index is 868. The number of halogens is 1. The van der Waals surface area contributed by atoms with E-state index >= 15 is 0 Å². The van der Waals surface area contributed by atoms with Gasteiger partial charge >= 0.3 is 11.8 Å². The van der Waals surface area contributed by atoms with Crippen LogP contribution < -0.4 is 10.1 Å². The summed E-state index contributed by atoms with van der Waals surface area (Å²) in [7, 11) is 0. The van der Waals surface area contributed by atoms with Crippen LogP contribution in [-0.4, -0.2) is 46.0 Å². The largest absolute Gasteiger partial charge is 0.504 e. The second-order valence-electron chi connectivity index (χ2n) is 6.55. The number of fused-ring (bicyclic) bond motifs is 1. The van der Waals surface area contributed by atoms with Gasteiger partial charge in [0.25, 0.3) is 0 Å². The van der Waals surface area contributed by atoms with E-state index in [4.69, 9.17) is 16.3 Å². The topological polar surface area (TPSA) is 91.8 Å². The average Bonchev–Trinajstić information content (AvgIpc) is 2.84. The van der Waals surface area contributed by atoms with Gasteiger partial charge in [0.2, 0.25) is 0 Å². The first-order chi connectivity index (χ1) is 12.8. The van der Waals surface area contributed by atoms with Crippen molar-refractivity contribution in [2.75, 3.05) is 13.2 Å². The SMILES string of the molecule is CC(C)NC(=O)C(=O)N1CCOc2c(O)cc(-c3ccc(Cl)cn3)cc2C1. The molecule has 0 fully saturated rings. The molecule has 2 heterocycles. The third-order valence-corrected chi connectivity index (χ3v) is 4.26. The highest BCUT2D eigenvalue weighted by molar-refractivity contribution is 6.35. The number of aromatic nitrogens is 1. The van der Waals surface area contributed by atoms with Crippen LogP contribution in [0.3, 0.4) is 0 Å². The van der Waals surface area contributed by atoms with E-state index in [1.807, 2.05) is 0 Å². The Labute approximate surface area is 161 Å². The Morgan fingerprint density at radius 3 is 2.78 bits per heavy atom. The Morgan fingerprint density at radius 2 is 2.11 bits per heavy atom. The molecule has 27 heavy (non-hydrogen) atoms. The van der Waals surface area contributed by atoms with Gasteiger partial charge in [0.1, 0.15) is 6.61 Å². The molecule has 0 spiro atoms. The predicted molar refractivity (Wildman–Crippen MR) is 101 cm³/mol. The van der Waals surface area contributed by atoms with Crippen LogP contribution in [0.15, 0.2) is 30.5 Å². The lowest BCUT2D eigenvalue weighted by Crippen LogP contribution is -2.45. The van der Waals surface area contributed by atoms with Crippen molar-refractivity contribution >= 4 is 23.4 Å². The van der Waals surface area contributed by atoms with E-state index in [0.29, 0.717) is 27.6 Å². The zero-order valence-corrected chi connectivity index (χ0v) is 15.8. The van der Waals surface area contributed by atoms with Gasteiger partial charge < -0.3 is 20.1 Å². The maximum Gasteiger partial charge on any atom is 0.312 e. The van der Waals surface area contributed by atoms with Crippen molar-refractivity contribution in [1.29, 1.82) is 0 Å². The minimum atomic E-state index is -0.659. The lowest BCUT2D eigenvalue weighted by atomic mass is 10.0. The molecule has 1 aromatic heterocycles. The zero-order valence-electron chi connectivity index (χ0n) is 15.0. The lowest BCUT2D eigenvalue weighted by Gasteiger charge is -2.20. The predicted octanol–water partition coefficient (Wildman–Crippen LogP) is 2.35. The van der Waals surface area contributed by atoms with Crippen molar-refractivity contribution in [3.8, 4) is 22.8 Å². The summed E-state index contributed by atoms with van der Waals surface area (Å²) >= 11 is 5.87. The monoisotopic (exact) mass is 389 g/mol. The number of carbonyl (C=O) groups excluding carboxylic acids is 2. The van der Waals surface area contributed by atoms with Crippen molar-refractivity contribution in [1.82, 2.24) is 15.2 Å². The summed E-state index contributed by atoms with van der Waals surface area (Å²) < 4.78 is 5.61. The van der Waals surface area contributed by atoms with Crippen molar-refractivity contribution < 1.29 is 19.4 Å². The number of ether oxygens (including phenoxy) is 1. The van der Waals surface area contributed by atoms with Gasteiger partial charge in [0.15, 0.2) is 11.5 Å². The van der Waals surface area contributed by atoms with E-state index in [-0.39, 0.29) is 31.5 Å². The third-order valence-electron chi connectivity index (χ3n) is 4.04. The summed E-state index contributed by atoms with van der Waals surface area (Å²) in [5.74, 6) is -1.02. The number of nitrogens with one attached hydrogen (secondary N) is 1. The highest BCUT2D eigenvalue weighted by Crippen LogP contribution is 2.37. The first-order valence-corrected chi connectivity index (χ1v) is 8.93. The Balaban J connectivity index is 1.90. The number of carbonyl (C=O) groups is 2. The molecule has 0 bridgehead atoms. The molecule has 0 saturated heterocycles. The van der Waals surface area contributed by atoms with Crippen molar-refractivity contribution in [2.45, 2.75) is 26.4 Å². The van der Waals surface area contributed by atoms with Crippen LogP contribution in [0.1, 0.15) is 19.4 Å². The minimum Gasteiger partial charge on any atom is -0.504 e. The van der Waals surface area contributed by atoms with Gasteiger partial charge in [-0.3, -0.25) is 14.6 Å². The molecule has 2 N–H and O–H groups in total. The summed E-state index contributed by atoms with van der Waals surface area (Å²) in [5.41, 5.74) is 1.88. The molecule has 1 aromatic carbocycles. The Kier molecular flexibility index (Phi) is 5.51. The summed E-state index contributed by atoms with van der Waals surface area (Å²) in [5, 5.41) is 13.5. The molecular weight excluding hydrogens is 370 g/mol. The number of aromatic hydroxyl groups is 1. The van der Waals surface area contributed by atoms with Gasteiger partial charge in [-0.05, 0) is 38.1 Å². The van der Waals surface area contributed by atoms with E-state index in [1.165, 1.54) is 11.1 Å². The number of rotatable bonds is 2. The van der Waals surface area contributed by atoms with Crippen molar-refractivity contribution in [3.63, 3.8) is 0 Å². The number of amides is 2. The van der Waals surface area contributed by atoms with Crippen LogP contribution in [-0.2, 0) is 16.1 Å². The third kappa shape index (κ3) is 4.31. The van der Waals surface area contributed by atoms with E-state index in [1.54, 1.807) is 38.1 Å². The highest BCUT2D eigenvalue weighted by Gasteiger charge is 2.27. The van der Waals surface area contributed by atoms with E-state index in [2.05, 4.69) is 10.3 Å². The molecular formula is C19H20ClN3O4. The number of phenols is 1. The van der Waals surface area contributed by atoms with Gasteiger partial charge in [-0.25, -0.2) is 0 Å². The lowest BCUT2D eigenvalue weighted by molar-refractivity contribution is -0.146. The van der Waals surface area contributed by atoms with Crippen molar-refractivity contribution in [3.05, 3.63) is 41.0 Å². The summed E-state index contributed by atoms with van der Waals surface area (Å²) in [6.45, 7) is 4.15. The molecule has 1 aliphatic rings. The van der Waals surface area contributed by atoms with Crippen LogP contribution >= 0.6 is 11.6 Å². The van der Waals surface area contributed by atoms with Crippen LogP contribution in [0.5, 0.6) is 11.5 Å². The van der Waals surface area contributed by atoms with E-state index < -0.39 is 11.8 Å². The number of hydrogen-bond donors (Lipinski definition) is 2.